The van der Waals surface area contributed by atoms with E-state index in [1.807, 2.05) is 40.8 Å². The zero-order chi connectivity index (χ0) is 27.8. The zero-order valence-corrected chi connectivity index (χ0v) is 26.7. The minimum Gasteiger partial charge on any atom is -0.512 e. The second kappa shape index (κ2) is 15.1. The van der Waals surface area contributed by atoms with Crippen molar-refractivity contribution >= 4 is 27.5 Å². The van der Waals surface area contributed by atoms with E-state index in [0.29, 0.717) is 0 Å². The molecule has 0 saturated heterocycles. The van der Waals surface area contributed by atoms with Crippen molar-refractivity contribution in [2.24, 2.45) is 11.8 Å². The zero-order valence-electron chi connectivity index (χ0n) is 24.3. The molecule has 0 fully saturated rings. The monoisotopic (exact) mass is 702 g/mol. The second-order valence-corrected chi connectivity index (χ2v) is 10.1. The van der Waals surface area contributed by atoms with Gasteiger partial charge in [-0.15, -0.1) is 34.9 Å². The Bertz CT molecular complexity index is 1420. The number of pyridine rings is 2. The fourth-order valence-corrected chi connectivity index (χ4v) is 4.99. The number of hydrogen-bond acceptors (Lipinski definition) is 4. The molecule has 1 N–H and O–H groups in total. The predicted octanol–water partition coefficient (Wildman–Crippen LogP) is 9.04. The van der Waals surface area contributed by atoms with Gasteiger partial charge in [-0.3, -0.25) is 9.78 Å². The number of carbonyl (C=O) groups is 1. The van der Waals surface area contributed by atoms with Crippen molar-refractivity contribution in [2.45, 2.75) is 74.1 Å². The van der Waals surface area contributed by atoms with Gasteiger partial charge in [-0.25, -0.2) is 0 Å². The Hall–Kier alpha value is -2.88. The molecular weight excluding hydrogens is 661 g/mol. The first-order valence-electron chi connectivity index (χ1n) is 13.8. The van der Waals surface area contributed by atoms with Crippen LogP contribution in [0, 0.1) is 38.7 Å². The maximum Gasteiger partial charge on any atom is 0.162 e. The number of ketones is 1. The fourth-order valence-electron chi connectivity index (χ4n) is 4.99. The summed E-state index contributed by atoms with van der Waals surface area (Å²) in [7, 11) is 0. The number of aliphatic hydroxyl groups excluding tert-OH is 1. The summed E-state index contributed by atoms with van der Waals surface area (Å²) >= 11 is 0. The van der Waals surface area contributed by atoms with Gasteiger partial charge in [0.15, 0.2) is 5.78 Å². The molecule has 4 nitrogen and oxygen atoms in total. The van der Waals surface area contributed by atoms with E-state index in [-0.39, 0.29) is 43.5 Å². The Morgan fingerprint density at radius 3 is 2.13 bits per heavy atom. The first-order valence-corrected chi connectivity index (χ1v) is 13.8. The van der Waals surface area contributed by atoms with E-state index in [1.54, 1.807) is 0 Å². The number of allylic oxidation sites excluding steroid dienone is 2. The van der Waals surface area contributed by atoms with Crippen molar-refractivity contribution in [3.8, 4) is 11.3 Å². The van der Waals surface area contributed by atoms with Gasteiger partial charge in [-0.05, 0) is 67.3 Å². The maximum atomic E-state index is 11.7. The van der Waals surface area contributed by atoms with Crippen LogP contribution in [0.4, 0.5) is 0 Å². The van der Waals surface area contributed by atoms with Gasteiger partial charge in [0.25, 0.3) is 0 Å². The maximum absolute atomic E-state index is 11.7. The molecule has 0 aliphatic rings. The van der Waals surface area contributed by atoms with Gasteiger partial charge in [0.05, 0.1) is 11.3 Å². The first kappa shape index (κ1) is 32.3. The third-order valence-corrected chi connectivity index (χ3v) is 7.24. The van der Waals surface area contributed by atoms with Gasteiger partial charge >= 0.3 is 0 Å². The van der Waals surface area contributed by atoms with Crippen LogP contribution in [-0.4, -0.2) is 20.9 Å². The van der Waals surface area contributed by atoms with E-state index in [0.717, 1.165) is 59.1 Å². The molecule has 4 aromatic rings. The Morgan fingerprint density at radius 1 is 0.872 bits per heavy atom. The summed E-state index contributed by atoms with van der Waals surface area (Å²) in [6.45, 7) is 14.3. The Balaban J connectivity index is 0.000000294. The molecule has 0 saturated carbocycles. The number of rotatable bonds is 8. The van der Waals surface area contributed by atoms with Crippen LogP contribution in [0.3, 0.4) is 0 Å². The van der Waals surface area contributed by atoms with Crippen LogP contribution in [0.2, 0.25) is 0 Å². The molecule has 0 spiro atoms. The van der Waals surface area contributed by atoms with Crippen molar-refractivity contribution in [2.75, 3.05) is 0 Å². The summed E-state index contributed by atoms with van der Waals surface area (Å²) in [4.78, 5) is 21.0. The van der Waals surface area contributed by atoms with Crippen LogP contribution in [0.1, 0.15) is 70.2 Å². The normalized spacial score (nSPS) is 11.5. The Labute approximate surface area is 247 Å². The van der Waals surface area contributed by atoms with E-state index < -0.39 is 0 Å². The van der Waals surface area contributed by atoms with Gasteiger partial charge in [-0.1, -0.05) is 53.7 Å². The summed E-state index contributed by atoms with van der Waals surface area (Å²) in [6, 6.07) is 18.2. The van der Waals surface area contributed by atoms with Gasteiger partial charge in [-0.2, -0.15) is 0 Å². The molecule has 0 unspecified atom stereocenters. The van der Waals surface area contributed by atoms with Crippen molar-refractivity contribution in [3.05, 3.63) is 83.4 Å². The van der Waals surface area contributed by atoms with E-state index >= 15 is 0 Å². The molecule has 1 radical (unpaired) electrons. The molecule has 2 aromatic heterocycles. The third kappa shape index (κ3) is 8.06. The molecule has 0 atom stereocenters. The van der Waals surface area contributed by atoms with E-state index in [9.17, 15) is 9.90 Å². The fraction of sp³-hybridized carbons (Fsp3) is 0.382. The number of benzene rings is 2. The van der Waals surface area contributed by atoms with Crippen molar-refractivity contribution in [1.29, 1.82) is 0 Å². The predicted molar refractivity (Wildman–Crippen MR) is 159 cm³/mol. The molecule has 5 heteroatoms. The van der Waals surface area contributed by atoms with Gasteiger partial charge < -0.3 is 10.1 Å². The molecular formula is C34H41IrN2O2-. The number of carbonyl (C=O) groups excluding carboxylic acids is 1. The molecule has 209 valence electrons. The number of aryl methyl sites for hydroxylation is 3. The average Bonchev–Trinajstić information content (AvgIpc) is 2.89. The first-order chi connectivity index (χ1) is 18.2. The van der Waals surface area contributed by atoms with Gasteiger partial charge in [0.2, 0.25) is 0 Å². The van der Waals surface area contributed by atoms with Crippen molar-refractivity contribution in [3.63, 3.8) is 0 Å². The summed E-state index contributed by atoms with van der Waals surface area (Å²) in [5.74, 6) is 0.547. The Morgan fingerprint density at radius 2 is 1.51 bits per heavy atom. The largest absolute Gasteiger partial charge is 0.512 e. The third-order valence-electron chi connectivity index (χ3n) is 7.24. The smallest absolute Gasteiger partial charge is 0.162 e. The number of fused-ring (bicyclic) bond motifs is 3. The second-order valence-electron chi connectivity index (χ2n) is 10.1. The standard InChI is InChI=1S/C21H17N2.C13H24O2.Ir/c1-13-10-14(2)12-16(11-13)21-19-6-7-20-18(5-4-15(3)23-20)17(19)8-9-22-21;1-5-10(6-2)12(14)9-13(15)11(7-3)8-4;/h4-11H,1-3H3;9-11,14H,5-8H2,1-4H3;/q-1;;. The summed E-state index contributed by atoms with van der Waals surface area (Å²) in [6.07, 6.45) is 6.78. The molecule has 0 amide bonds. The van der Waals surface area contributed by atoms with Crippen LogP contribution in [0.5, 0.6) is 0 Å². The van der Waals surface area contributed by atoms with Crippen LogP contribution < -0.4 is 0 Å². The van der Waals surface area contributed by atoms with Crippen LogP contribution in [0.25, 0.3) is 32.9 Å². The van der Waals surface area contributed by atoms with Crippen LogP contribution in [-0.2, 0) is 24.9 Å². The van der Waals surface area contributed by atoms with E-state index in [2.05, 4.69) is 72.3 Å². The van der Waals surface area contributed by atoms with Crippen molar-refractivity contribution < 1.29 is 30.0 Å². The molecule has 0 aliphatic carbocycles. The van der Waals surface area contributed by atoms with Gasteiger partial charge in [0.1, 0.15) is 0 Å². The number of aromatic nitrogens is 2. The minimum absolute atomic E-state index is 0. The minimum atomic E-state index is 0. The molecule has 2 aromatic carbocycles. The molecule has 2 heterocycles. The summed E-state index contributed by atoms with van der Waals surface area (Å²) < 4.78 is 0. The van der Waals surface area contributed by atoms with E-state index in [1.165, 1.54) is 22.4 Å². The SMILES string of the molecule is CCC(CC)C(=O)C=C(O)C(CC)CC.Cc1[c-]c(-c2nccc3c2ccc2nc(C)ccc23)cc(C)c1.[Ir]. The Kier molecular flexibility index (Phi) is 12.5. The quantitative estimate of drug-likeness (QED) is 0.0862. The summed E-state index contributed by atoms with van der Waals surface area (Å²) in [5, 5.41) is 13.3. The molecule has 39 heavy (non-hydrogen) atoms. The number of nitrogens with zero attached hydrogens (tertiary/aromatic N) is 2. The average molecular weight is 702 g/mol. The van der Waals surface area contributed by atoms with Crippen LogP contribution in [0.15, 0.2) is 60.5 Å². The van der Waals surface area contributed by atoms with Crippen molar-refractivity contribution in [1.82, 2.24) is 9.97 Å². The van der Waals surface area contributed by atoms with E-state index in [4.69, 9.17) is 0 Å². The molecule has 0 aliphatic heterocycles. The molecule has 4 rings (SSSR count). The van der Waals surface area contributed by atoms with Gasteiger partial charge in [0, 0.05) is 55.3 Å². The number of hydrogen-bond donors (Lipinski definition) is 1. The van der Waals surface area contributed by atoms with Crippen LogP contribution >= 0.6 is 0 Å². The topological polar surface area (TPSA) is 63.1 Å². The summed E-state index contributed by atoms with van der Waals surface area (Å²) in [5.41, 5.74) is 6.46. The number of aliphatic hydroxyl groups is 1. The molecule has 0 bridgehead atoms.